The molecular weight excluding hydrogens is 227 g/mol. The van der Waals surface area contributed by atoms with Gasteiger partial charge < -0.3 is 4.52 Å². The van der Waals surface area contributed by atoms with Gasteiger partial charge in [-0.15, -0.1) is 0 Å². The van der Waals surface area contributed by atoms with Crippen LogP contribution in [0.25, 0.3) is 0 Å². The van der Waals surface area contributed by atoms with E-state index >= 15 is 0 Å². The Kier molecular flexibility index (Phi) is 9.69. The Morgan fingerprint density at radius 1 is 1.06 bits per heavy atom. The first-order valence-corrected chi connectivity index (χ1v) is 7.33. The normalized spacial score (nSPS) is 12.2. The number of hydrogen-bond donors (Lipinski definition) is 0. The quantitative estimate of drug-likeness (QED) is 0.330. The molecule has 4 nitrogen and oxygen atoms in total. The molecule has 0 aliphatic rings. The molecule has 0 aliphatic carbocycles. The Morgan fingerprint density at radius 3 is 1.94 bits per heavy atom. The standard InChI is InChI=1S/C11H23O4P/c1-4-7-10-14-16(12,13-9-6-3)15-11-8-5-2/h6,9H,4-5,7-8,10-11H2,1-3H3/b9-6-. The van der Waals surface area contributed by atoms with E-state index < -0.39 is 7.82 Å². The van der Waals surface area contributed by atoms with Crippen molar-refractivity contribution < 1.29 is 18.1 Å². The molecule has 96 valence electrons. The predicted molar refractivity (Wildman–Crippen MR) is 65.2 cm³/mol. The van der Waals surface area contributed by atoms with Gasteiger partial charge in [-0.2, -0.15) is 0 Å². The number of rotatable bonds is 10. The molecule has 0 radical (unpaired) electrons. The summed E-state index contributed by atoms with van der Waals surface area (Å²) >= 11 is 0. The first-order valence-electron chi connectivity index (χ1n) is 5.87. The summed E-state index contributed by atoms with van der Waals surface area (Å²) in [7, 11) is -3.38. The maximum atomic E-state index is 12.0. The number of phosphoric ester groups is 1. The van der Waals surface area contributed by atoms with Gasteiger partial charge in [-0.05, 0) is 19.8 Å². The van der Waals surface area contributed by atoms with Crippen LogP contribution in [0.1, 0.15) is 46.5 Å². The lowest BCUT2D eigenvalue weighted by molar-refractivity contribution is 0.139. The first-order chi connectivity index (χ1) is 7.68. The highest BCUT2D eigenvalue weighted by Gasteiger charge is 2.26. The molecule has 0 amide bonds. The van der Waals surface area contributed by atoms with E-state index in [2.05, 4.69) is 0 Å². The van der Waals surface area contributed by atoms with E-state index in [0.717, 1.165) is 25.7 Å². The van der Waals surface area contributed by atoms with Crippen molar-refractivity contribution in [1.29, 1.82) is 0 Å². The molecular formula is C11H23O4P. The summed E-state index contributed by atoms with van der Waals surface area (Å²) in [6.45, 7) is 6.66. The van der Waals surface area contributed by atoms with Crippen LogP contribution in [-0.4, -0.2) is 13.2 Å². The minimum Gasteiger partial charge on any atom is -0.412 e. The lowest BCUT2D eigenvalue weighted by atomic mass is 10.4. The highest BCUT2D eigenvalue weighted by Crippen LogP contribution is 2.50. The zero-order valence-corrected chi connectivity index (χ0v) is 11.4. The summed E-state index contributed by atoms with van der Waals surface area (Å²) in [6.07, 6.45) is 6.66. The maximum Gasteiger partial charge on any atom is 0.529 e. The van der Waals surface area contributed by atoms with Crippen LogP contribution in [0.2, 0.25) is 0 Å². The minimum atomic E-state index is -3.38. The highest BCUT2D eigenvalue weighted by atomic mass is 31.2. The molecule has 0 aromatic rings. The third-order valence-corrected chi connectivity index (χ3v) is 3.20. The zero-order valence-electron chi connectivity index (χ0n) is 10.5. The fourth-order valence-corrected chi connectivity index (χ4v) is 2.05. The Bertz CT molecular complexity index is 214. The van der Waals surface area contributed by atoms with Crippen LogP contribution in [0, 0.1) is 0 Å². The smallest absolute Gasteiger partial charge is 0.412 e. The van der Waals surface area contributed by atoms with Crippen molar-refractivity contribution in [2.75, 3.05) is 13.2 Å². The maximum absolute atomic E-state index is 12.0. The summed E-state index contributed by atoms with van der Waals surface area (Å²) in [5.74, 6) is 0. The third-order valence-electron chi connectivity index (χ3n) is 1.82. The molecule has 5 heteroatoms. The molecule has 0 aliphatic heterocycles. The SMILES string of the molecule is C/C=C\OP(=O)(OCCCC)OCCCC. The molecule has 0 bridgehead atoms. The fourth-order valence-electron chi connectivity index (χ4n) is 0.875. The molecule has 0 unspecified atom stereocenters. The van der Waals surface area contributed by atoms with Gasteiger partial charge in [-0.1, -0.05) is 32.8 Å². The van der Waals surface area contributed by atoms with Crippen LogP contribution < -0.4 is 0 Å². The van der Waals surface area contributed by atoms with E-state index in [1.807, 2.05) is 13.8 Å². The van der Waals surface area contributed by atoms with E-state index in [9.17, 15) is 4.57 Å². The molecule has 0 aromatic carbocycles. The van der Waals surface area contributed by atoms with Crippen molar-refractivity contribution in [2.45, 2.75) is 46.5 Å². The van der Waals surface area contributed by atoms with Crippen molar-refractivity contribution >= 4 is 7.82 Å². The monoisotopic (exact) mass is 250 g/mol. The van der Waals surface area contributed by atoms with Crippen LogP contribution >= 0.6 is 7.82 Å². The number of unbranched alkanes of at least 4 members (excludes halogenated alkanes) is 2. The largest absolute Gasteiger partial charge is 0.529 e. The minimum absolute atomic E-state index is 0.400. The number of allylic oxidation sites excluding steroid dienone is 1. The van der Waals surface area contributed by atoms with Gasteiger partial charge in [0.05, 0.1) is 19.5 Å². The molecule has 0 rings (SSSR count). The number of hydrogen-bond acceptors (Lipinski definition) is 4. The van der Waals surface area contributed by atoms with Crippen molar-refractivity contribution in [3.05, 3.63) is 12.3 Å². The molecule has 0 fully saturated rings. The third kappa shape index (κ3) is 7.91. The van der Waals surface area contributed by atoms with Crippen molar-refractivity contribution in [2.24, 2.45) is 0 Å². The Labute approximate surface area is 98.6 Å². The van der Waals surface area contributed by atoms with Crippen LogP contribution in [-0.2, 0) is 18.1 Å². The van der Waals surface area contributed by atoms with E-state index in [0.29, 0.717) is 13.2 Å². The molecule has 0 N–H and O–H groups in total. The molecule has 0 heterocycles. The second-order valence-corrected chi connectivity index (χ2v) is 5.02. The summed E-state index contributed by atoms with van der Waals surface area (Å²) < 4.78 is 27.4. The number of phosphoric acid groups is 1. The Balaban J connectivity index is 4.07. The van der Waals surface area contributed by atoms with Gasteiger partial charge in [-0.25, -0.2) is 4.57 Å². The highest BCUT2D eigenvalue weighted by molar-refractivity contribution is 7.48. The summed E-state index contributed by atoms with van der Waals surface area (Å²) in [5.41, 5.74) is 0. The lowest BCUT2D eigenvalue weighted by Crippen LogP contribution is -2.00. The molecule has 0 aromatic heterocycles. The van der Waals surface area contributed by atoms with E-state index in [4.69, 9.17) is 13.6 Å². The molecule has 0 saturated heterocycles. The van der Waals surface area contributed by atoms with Gasteiger partial charge in [-0.3, -0.25) is 9.05 Å². The second-order valence-electron chi connectivity index (χ2n) is 3.40. The van der Waals surface area contributed by atoms with Crippen LogP contribution in [0.15, 0.2) is 12.3 Å². The fraction of sp³-hybridized carbons (Fsp3) is 0.818. The van der Waals surface area contributed by atoms with E-state index in [1.54, 1.807) is 13.0 Å². The summed E-state index contributed by atoms with van der Waals surface area (Å²) in [4.78, 5) is 0. The first kappa shape index (κ1) is 15.7. The van der Waals surface area contributed by atoms with Crippen LogP contribution in [0.4, 0.5) is 0 Å². The van der Waals surface area contributed by atoms with Gasteiger partial charge in [0.15, 0.2) is 0 Å². The van der Waals surface area contributed by atoms with Gasteiger partial charge in [0.1, 0.15) is 0 Å². The van der Waals surface area contributed by atoms with E-state index in [-0.39, 0.29) is 0 Å². The summed E-state index contributed by atoms with van der Waals surface area (Å²) in [6, 6.07) is 0. The zero-order chi connectivity index (χ0) is 12.3. The average Bonchev–Trinajstić information content (AvgIpc) is 2.27. The second kappa shape index (κ2) is 9.88. The Hall–Kier alpha value is -0.310. The average molecular weight is 250 g/mol. The Morgan fingerprint density at radius 2 is 1.56 bits per heavy atom. The molecule has 16 heavy (non-hydrogen) atoms. The molecule has 0 atom stereocenters. The van der Waals surface area contributed by atoms with Crippen molar-refractivity contribution in [3.63, 3.8) is 0 Å². The van der Waals surface area contributed by atoms with Gasteiger partial charge in [0.25, 0.3) is 0 Å². The van der Waals surface area contributed by atoms with Gasteiger partial charge in [0, 0.05) is 0 Å². The van der Waals surface area contributed by atoms with Crippen molar-refractivity contribution in [1.82, 2.24) is 0 Å². The molecule has 0 saturated carbocycles. The molecule has 0 spiro atoms. The van der Waals surface area contributed by atoms with Crippen LogP contribution in [0.5, 0.6) is 0 Å². The summed E-state index contributed by atoms with van der Waals surface area (Å²) in [5, 5.41) is 0. The van der Waals surface area contributed by atoms with E-state index in [1.165, 1.54) is 6.26 Å². The van der Waals surface area contributed by atoms with Gasteiger partial charge >= 0.3 is 7.82 Å². The van der Waals surface area contributed by atoms with Crippen LogP contribution in [0.3, 0.4) is 0 Å². The predicted octanol–water partition coefficient (Wildman–Crippen LogP) is 4.28. The van der Waals surface area contributed by atoms with Crippen molar-refractivity contribution in [3.8, 4) is 0 Å². The van der Waals surface area contributed by atoms with Gasteiger partial charge in [0.2, 0.25) is 0 Å². The lowest BCUT2D eigenvalue weighted by Gasteiger charge is -2.16. The topological polar surface area (TPSA) is 44.8 Å².